The maximum Gasteiger partial charge on any atom is 0.328 e. The highest BCUT2D eigenvalue weighted by atomic mass is 16.3. The van der Waals surface area contributed by atoms with Gasteiger partial charge in [0.05, 0.1) is 5.69 Å². The minimum atomic E-state index is -0.293. The third kappa shape index (κ3) is 1.79. The predicted molar refractivity (Wildman–Crippen MR) is 56.9 cm³/mol. The first-order valence-corrected chi connectivity index (χ1v) is 4.69. The van der Waals surface area contributed by atoms with Gasteiger partial charge in [0.25, 0.3) is 0 Å². The van der Waals surface area contributed by atoms with Crippen molar-refractivity contribution in [1.29, 1.82) is 0 Å². The van der Waals surface area contributed by atoms with Gasteiger partial charge >= 0.3 is 5.69 Å². The lowest BCUT2D eigenvalue weighted by Crippen LogP contribution is -2.11. The second kappa shape index (κ2) is 3.65. The van der Waals surface area contributed by atoms with E-state index in [0.29, 0.717) is 12.1 Å². The smallest absolute Gasteiger partial charge is 0.328 e. The third-order valence-electron chi connectivity index (χ3n) is 2.37. The van der Waals surface area contributed by atoms with Crippen molar-refractivity contribution in [2.75, 3.05) is 0 Å². The van der Waals surface area contributed by atoms with Crippen LogP contribution < -0.4 is 5.69 Å². The normalized spacial score (nSPS) is 10.5. The molecule has 0 aliphatic heterocycles. The monoisotopic (exact) mass is 204 g/mol. The first-order valence-electron chi connectivity index (χ1n) is 4.69. The van der Waals surface area contributed by atoms with Gasteiger partial charge < -0.3 is 10.1 Å². The molecule has 0 spiro atoms. The van der Waals surface area contributed by atoms with E-state index >= 15 is 0 Å². The lowest BCUT2D eigenvalue weighted by Gasteiger charge is -1.99. The standard InChI is InChI=1S/C11H12N2O2/c1-13-10(14)9(12-11(13)15)7-8-5-3-2-4-6-8/h2-6,14H,7H2,1H3,(H,12,15). The molecule has 0 radical (unpaired) electrons. The molecule has 0 saturated heterocycles. The van der Waals surface area contributed by atoms with Crippen molar-refractivity contribution in [2.24, 2.45) is 7.05 Å². The van der Waals surface area contributed by atoms with Crippen LogP contribution in [0.2, 0.25) is 0 Å². The summed E-state index contributed by atoms with van der Waals surface area (Å²) in [5.74, 6) is 0.00357. The van der Waals surface area contributed by atoms with Crippen molar-refractivity contribution < 1.29 is 5.11 Å². The first kappa shape index (κ1) is 9.58. The maximum absolute atomic E-state index is 11.2. The molecule has 0 unspecified atom stereocenters. The number of aromatic hydroxyl groups is 1. The third-order valence-corrected chi connectivity index (χ3v) is 2.37. The molecule has 78 valence electrons. The molecule has 0 aliphatic rings. The lowest BCUT2D eigenvalue weighted by atomic mass is 10.1. The van der Waals surface area contributed by atoms with Gasteiger partial charge in [0, 0.05) is 13.5 Å². The number of nitrogens with one attached hydrogen (secondary N) is 1. The van der Waals surface area contributed by atoms with Gasteiger partial charge in [-0.3, -0.25) is 4.57 Å². The Balaban J connectivity index is 2.33. The molecular formula is C11H12N2O2. The van der Waals surface area contributed by atoms with Crippen LogP contribution in [0.4, 0.5) is 0 Å². The number of aromatic amines is 1. The van der Waals surface area contributed by atoms with Crippen LogP contribution in [0.3, 0.4) is 0 Å². The molecular weight excluding hydrogens is 192 g/mol. The number of hydrogen-bond acceptors (Lipinski definition) is 2. The molecule has 1 aromatic heterocycles. The molecule has 0 saturated carbocycles. The number of benzene rings is 1. The van der Waals surface area contributed by atoms with Crippen molar-refractivity contribution in [3.05, 3.63) is 52.1 Å². The Hall–Kier alpha value is -1.97. The summed E-state index contributed by atoms with van der Waals surface area (Å²) in [6, 6.07) is 9.67. The molecule has 2 aromatic rings. The zero-order valence-electron chi connectivity index (χ0n) is 8.40. The number of imidazole rings is 1. The molecule has 1 aromatic carbocycles. The van der Waals surface area contributed by atoms with Crippen LogP contribution in [0, 0.1) is 0 Å². The van der Waals surface area contributed by atoms with Gasteiger partial charge in [-0.1, -0.05) is 30.3 Å². The highest BCUT2D eigenvalue weighted by Gasteiger charge is 2.09. The molecule has 0 fully saturated rings. The number of rotatable bonds is 2. The van der Waals surface area contributed by atoms with Crippen molar-refractivity contribution in [3.8, 4) is 5.88 Å². The first-order chi connectivity index (χ1) is 7.18. The van der Waals surface area contributed by atoms with Gasteiger partial charge in [0.2, 0.25) is 5.88 Å². The Kier molecular flexibility index (Phi) is 2.33. The van der Waals surface area contributed by atoms with Crippen LogP contribution in [0.25, 0.3) is 0 Å². The maximum atomic E-state index is 11.2. The number of aromatic nitrogens is 2. The average molecular weight is 204 g/mol. The molecule has 4 nitrogen and oxygen atoms in total. The summed E-state index contributed by atoms with van der Waals surface area (Å²) < 4.78 is 1.19. The van der Waals surface area contributed by atoms with Crippen molar-refractivity contribution in [2.45, 2.75) is 6.42 Å². The fourth-order valence-electron chi connectivity index (χ4n) is 1.49. The predicted octanol–water partition coefficient (Wildman–Crippen LogP) is 1.01. The summed E-state index contributed by atoms with van der Waals surface area (Å²) in [6.07, 6.45) is 0.531. The van der Waals surface area contributed by atoms with Gasteiger partial charge in [-0.2, -0.15) is 0 Å². The second-order valence-corrected chi connectivity index (χ2v) is 3.45. The van der Waals surface area contributed by atoms with E-state index in [-0.39, 0.29) is 11.6 Å². The zero-order chi connectivity index (χ0) is 10.8. The van der Waals surface area contributed by atoms with E-state index in [1.54, 1.807) is 0 Å². The molecule has 0 bridgehead atoms. The van der Waals surface area contributed by atoms with Gasteiger partial charge in [0.15, 0.2) is 0 Å². The second-order valence-electron chi connectivity index (χ2n) is 3.45. The molecule has 0 atom stereocenters. The van der Waals surface area contributed by atoms with Gasteiger partial charge in [-0.15, -0.1) is 0 Å². The molecule has 0 aliphatic carbocycles. The number of hydrogen-bond donors (Lipinski definition) is 2. The van der Waals surface area contributed by atoms with E-state index in [9.17, 15) is 9.90 Å². The Morgan fingerprint density at radius 1 is 1.33 bits per heavy atom. The summed E-state index contributed by atoms with van der Waals surface area (Å²) in [5.41, 5.74) is 1.31. The summed E-state index contributed by atoms with van der Waals surface area (Å²) in [7, 11) is 1.53. The fourth-order valence-corrected chi connectivity index (χ4v) is 1.49. The Labute approximate surface area is 86.8 Å². The van der Waals surface area contributed by atoms with Crippen LogP contribution in [0.15, 0.2) is 35.1 Å². The largest absolute Gasteiger partial charge is 0.493 e. The Bertz CT molecular complexity index is 511. The zero-order valence-corrected chi connectivity index (χ0v) is 8.40. The molecule has 0 amide bonds. The number of nitrogens with zero attached hydrogens (tertiary/aromatic N) is 1. The lowest BCUT2D eigenvalue weighted by molar-refractivity contribution is 0.424. The van der Waals surface area contributed by atoms with E-state index in [0.717, 1.165) is 5.56 Å². The summed E-state index contributed by atoms with van der Waals surface area (Å²) >= 11 is 0. The van der Waals surface area contributed by atoms with Crippen molar-refractivity contribution >= 4 is 0 Å². The van der Waals surface area contributed by atoms with E-state index < -0.39 is 0 Å². The minimum Gasteiger partial charge on any atom is -0.493 e. The molecule has 4 heteroatoms. The van der Waals surface area contributed by atoms with Gasteiger partial charge in [-0.05, 0) is 5.56 Å². The fraction of sp³-hybridized carbons (Fsp3) is 0.182. The van der Waals surface area contributed by atoms with Crippen molar-refractivity contribution in [3.63, 3.8) is 0 Å². The van der Waals surface area contributed by atoms with E-state index in [1.807, 2.05) is 30.3 Å². The quantitative estimate of drug-likeness (QED) is 0.767. The van der Waals surface area contributed by atoms with Crippen LogP contribution in [0.5, 0.6) is 5.88 Å². The summed E-state index contributed by atoms with van der Waals surface area (Å²) in [5, 5.41) is 9.61. The van der Waals surface area contributed by atoms with E-state index in [2.05, 4.69) is 4.98 Å². The molecule has 15 heavy (non-hydrogen) atoms. The average Bonchev–Trinajstić information content (AvgIpc) is 2.48. The van der Waals surface area contributed by atoms with Gasteiger partial charge in [0.1, 0.15) is 0 Å². The highest BCUT2D eigenvalue weighted by Crippen LogP contribution is 2.15. The molecule has 2 rings (SSSR count). The van der Waals surface area contributed by atoms with Gasteiger partial charge in [-0.25, -0.2) is 4.79 Å². The highest BCUT2D eigenvalue weighted by molar-refractivity contribution is 5.27. The SMILES string of the molecule is Cn1c(O)c(Cc2ccccc2)[nH]c1=O. The Morgan fingerprint density at radius 2 is 2.00 bits per heavy atom. The number of H-pyrrole nitrogens is 1. The summed E-state index contributed by atoms with van der Waals surface area (Å²) in [4.78, 5) is 13.8. The van der Waals surface area contributed by atoms with Crippen LogP contribution in [-0.4, -0.2) is 14.7 Å². The molecule has 1 heterocycles. The van der Waals surface area contributed by atoms with E-state index in [1.165, 1.54) is 11.6 Å². The van der Waals surface area contributed by atoms with Crippen molar-refractivity contribution in [1.82, 2.24) is 9.55 Å². The van der Waals surface area contributed by atoms with Crippen LogP contribution >= 0.6 is 0 Å². The topological polar surface area (TPSA) is 58.0 Å². The molecule has 2 N–H and O–H groups in total. The summed E-state index contributed by atoms with van der Waals surface area (Å²) in [6.45, 7) is 0. The Morgan fingerprint density at radius 3 is 2.53 bits per heavy atom. The van der Waals surface area contributed by atoms with E-state index in [4.69, 9.17) is 0 Å². The van der Waals surface area contributed by atoms with Crippen LogP contribution in [0.1, 0.15) is 11.3 Å². The van der Waals surface area contributed by atoms with Crippen LogP contribution in [-0.2, 0) is 13.5 Å². The minimum absolute atomic E-state index is 0.00357.